The number of rotatable bonds is 3. The lowest BCUT2D eigenvalue weighted by Gasteiger charge is -2.12. The van der Waals surface area contributed by atoms with Gasteiger partial charge >= 0.3 is 6.18 Å². The van der Waals surface area contributed by atoms with Crippen LogP contribution < -0.4 is 4.74 Å². The second-order valence-corrected chi connectivity index (χ2v) is 6.00. The topological polar surface area (TPSA) is 65.0 Å². The van der Waals surface area contributed by atoms with Gasteiger partial charge in [0, 0.05) is 36.0 Å². The van der Waals surface area contributed by atoms with Gasteiger partial charge in [-0.25, -0.2) is 4.98 Å². The highest BCUT2D eigenvalue weighted by molar-refractivity contribution is 6.00. The van der Waals surface area contributed by atoms with Gasteiger partial charge in [-0.3, -0.25) is 9.78 Å². The van der Waals surface area contributed by atoms with Gasteiger partial charge in [0.15, 0.2) is 17.3 Å². The van der Waals surface area contributed by atoms with E-state index in [0.29, 0.717) is 29.7 Å². The van der Waals surface area contributed by atoms with Crippen molar-refractivity contribution in [2.24, 2.45) is 0 Å². The number of hydrogen-bond donors (Lipinski definition) is 0. The average molecular weight is 371 g/mol. The monoisotopic (exact) mass is 371 g/mol. The number of benzene rings is 1. The molecule has 1 aliphatic carbocycles. The molecular weight excluding hydrogens is 359 g/mol. The lowest BCUT2D eigenvalue weighted by molar-refractivity contribution is -0.141. The third-order valence-electron chi connectivity index (χ3n) is 4.13. The minimum absolute atomic E-state index is 0.0526. The molecule has 0 saturated heterocycles. The lowest BCUT2D eigenvalue weighted by atomic mass is 10.1. The minimum Gasteiger partial charge on any atom is -0.439 e. The number of hydrogen-bond acceptors (Lipinski definition) is 5. The van der Waals surface area contributed by atoms with Crippen LogP contribution in [-0.2, 0) is 12.6 Å². The zero-order chi connectivity index (χ0) is 19.0. The Balaban J connectivity index is 1.73. The minimum atomic E-state index is -4.65. The largest absolute Gasteiger partial charge is 0.439 e. The van der Waals surface area contributed by atoms with E-state index in [9.17, 15) is 18.0 Å². The molecule has 5 nitrogen and oxygen atoms in total. The molecule has 0 radical (unpaired) electrons. The van der Waals surface area contributed by atoms with Crippen molar-refractivity contribution in [1.29, 1.82) is 0 Å². The summed E-state index contributed by atoms with van der Waals surface area (Å²) < 4.78 is 45.2. The Bertz CT molecular complexity index is 1020. The van der Waals surface area contributed by atoms with Crippen LogP contribution in [0.15, 0.2) is 48.8 Å². The summed E-state index contributed by atoms with van der Waals surface area (Å²) in [5.74, 6) is -0.00562. The van der Waals surface area contributed by atoms with E-state index in [4.69, 9.17) is 4.74 Å². The number of ketones is 1. The quantitative estimate of drug-likeness (QED) is 0.679. The highest BCUT2D eigenvalue weighted by Gasteiger charge is 2.34. The van der Waals surface area contributed by atoms with E-state index in [-0.39, 0.29) is 17.5 Å². The SMILES string of the molecule is O=C1CCc2cc(Oc3cc(C(F)(F)F)nc(-c4cccnc4)n3)ccc21. The normalized spacial score (nSPS) is 13.5. The van der Waals surface area contributed by atoms with Crippen molar-refractivity contribution in [3.05, 3.63) is 65.6 Å². The number of aromatic nitrogens is 3. The molecule has 1 aromatic carbocycles. The molecule has 136 valence electrons. The van der Waals surface area contributed by atoms with E-state index < -0.39 is 11.9 Å². The molecule has 0 amide bonds. The Morgan fingerprint density at radius 3 is 2.63 bits per heavy atom. The number of pyridine rings is 1. The summed E-state index contributed by atoms with van der Waals surface area (Å²) in [4.78, 5) is 23.2. The Morgan fingerprint density at radius 1 is 1.04 bits per heavy atom. The van der Waals surface area contributed by atoms with Crippen LogP contribution in [0.25, 0.3) is 11.4 Å². The number of carbonyl (C=O) groups is 1. The first-order valence-corrected chi connectivity index (χ1v) is 8.11. The van der Waals surface area contributed by atoms with Gasteiger partial charge in [-0.05, 0) is 42.3 Å². The van der Waals surface area contributed by atoms with Crippen LogP contribution in [0.4, 0.5) is 13.2 Å². The van der Waals surface area contributed by atoms with E-state index >= 15 is 0 Å². The number of nitrogens with zero attached hydrogens (tertiary/aromatic N) is 3. The fourth-order valence-corrected chi connectivity index (χ4v) is 2.86. The molecule has 0 fully saturated rings. The Morgan fingerprint density at radius 2 is 1.89 bits per heavy atom. The van der Waals surface area contributed by atoms with E-state index in [1.54, 1.807) is 30.3 Å². The molecule has 27 heavy (non-hydrogen) atoms. The van der Waals surface area contributed by atoms with Crippen LogP contribution in [0.1, 0.15) is 28.0 Å². The average Bonchev–Trinajstić information content (AvgIpc) is 3.02. The highest BCUT2D eigenvalue weighted by Crippen LogP contribution is 2.33. The van der Waals surface area contributed by atoms with Crippen LogP contribution in [0.3, 0.4) is 0 Å². The Labute approximate surface area is 151 Å². The number of alkyl halides is 3. The third kappa shape index (κ3) is 3.51. The van der Waals surface area contributed by atoms with E-state index in [2.05, 4.69) is 15.0 Å². The van der Waals surface area contributed by atoms with Crippen LogP contribution in [-0.4, -0.2) is 20.7 Å². The molecule has 1 aliphatic rings. The van der Waals surface area contributed by atoms with Crippen LogP contribution in [0.2, 0.25) is 0 Å². The molecule has 0 atom stereocenters. The van der Waals surface area contributed by atoms with Crippen molar-refractivity contribution >= 4 is 5.78 Å². The number of aryl methyl sites for hydroxylation is 1. The van der Waals surface area contributed by atoms with Crippen molar-refractivity contribution in [2.45, 2.75) is 19.0 Å². The standard InChI is InChI=1S/C19H12F3N3O2/c20-19(21,22)16-9-17(25-18(24-16)12-2-1-7-23-10-12)27-13-4-5-14-11(8-13)3-6-15(14)26/h1-2,4-5,7-10H,3,6H2. The maximum atomic E-state index is 13.2. The zero-order valence-corrected chi connectivity index (χ0v) is 13.8. The van der Waals surface area contributed by atoms with Gasteiger partial charge in [-0.15, -0.1) is 0 Å². The Kier molecular flexibility index (Phi) is 4.10. The maximum absolute atomic E-state index is 13.2. The molecule has 0 spiro atoms. The first-order chi connectivity index (χ1) is 12.9. The summed E-state index contributed by atoms with van der Waals surface area (Å²) in [7, 11) is 0. The summed E-state index contributed by atoms with van der Waals surface area (Å²) in [6, 6.07) is 8.71. The molecular formula is C19H12F3N3O2. The van der Waals surface area contributed by atoms with Crippen molar-refractivity contribution < 1.29 is 22.7 Å². The van der Waals surface area contributed by atoms with Gasteiger partial charge in [0.25, 0.3) is 0 Å². The van der Waals surface area contributed by atoms with Gasteiger partial charge in [0.2, 0.25) is 5.88 Å². The van der Waals surface area contributed by atoms with E-state index in [0.717, 1.165) is 11.6 Å². The number of carbonyl (C=O) groups excluding carboxylic acids is 1. The fourth-order valence-electron chi connectivity index (χ4n) is 2.86. The van der Waals surface area contributed by atoms with Gasteiger partial charge < -0.3 is 4.74 Å². The van der Waals surface area contributed by atoms with Gasteiger partial charge in [-0.1, -0.05) is 0 Å². The van der Waals surface area contributed by atoms with E-state index in [1.165, 1.54) is 12.4 Å². The summed E-state index contributed by atoms with van der Waals surface area (Å²) in [6.45, 7) is 0. The second-order valence-electron chi connectivity index (χ2n) is 6.00. The molecule has 0 aliphatic heterocycles. The summed E-state index contributed by atoms with van der Waals surface area (Å²) >= 11 is 0. The first kappa shape index (κ1) is 17.1. The van der Waals surface area contributed by atoms with Crippen LogP contribution in [0, 0.1) is 0 Å². The summed E-state index contributed by atoms with van der Waals surface area (Å²) in [5.41, 5.74) is 0.669. The summed E-state index contributed by atoms with van der Waals surface area (Å²) in [6.07, 6.45) is -0.761. The predicted molar refractivity (Wildman–Crippen MR) is 89.4 cm³/mol. The molecule has 3 aromatic rings. The van der Waals surface area contributed by atoms with Crippen LogP contribution in [0.5, 0.6) is 11.6 Å². The van der Waals surface area contributed by atoms with Crippen molar-refractivity contribution in [1.82, 2.24) is 15.0 Å². The highest BCUT2D eigenvalue weighted by atomic mass is 19.4. The van der Waals surface area contributed by atoms with Gasteiger partial charge in [0.05, 0.1) is 0 Å². The Hall–Kier alpha value is -3.29. The number of halogens is 3. The number of fused-ring (bicyclic) bond motifs is 1. The number of ether oxygens (including phenoxy) is 1. The van der Waals surface area contributed by atoms with Gasteiger partial charge in [0.1, 0.15) is 5.75 Å². The smallest absolute Gasteiger partial charge is 0.433 e. The molecule has 2 heterocycles. The first-order valence-electron chi connectivity index (χ1n) is 8.11. The van der Waals surface area contributed by atoms with Crippen molar-refractivity contribution in [3.8, 4) is 23.0 Å². The van der Waals surface area contributed by atoms with Crippen molar-refractivity contribution in [3.63, 3.8) is 0 Å². The third-order valence-corrected chi connectivity index (χ3v) is 4.13. The zero-order valence-electron chi connectivity index (χ0n) is 13.8. The fraction of sp³-hybridized carbons (Fsp3) is 0.158. The molecule has 0 saturated carbocycles. The van der Waals surface area contributed by atoms with Crippen molar-refractivity contribution in [2.75, 3.05) is 0 Å². The maximum Gasteiger partial charge on any atom is 0.433 e. The summed E-state index contributed by atoms with van der Waals surface area (Å²) in [5, 5.41) is 0. The molecule has 0 unspecified atom stereocenters. The molecule has 0 N–H and O–H groups in total. The molecule has 2 aromatic heterocycles. The lowest BCUT2D eigenvalue weighted by Crippen LogP contribution is -2.10. The van der Waals surface area contributed by atoms with E-state index in [1.807, 2.05) is 0 Å². The number of Topliss-reactive ketones (excluding diaryl/α,β-unsaturated/α-hetero) is 1. The van der Waals surface area contributed by atoms with Gasteiger partial charge in [-0.2, -0.15) is 18.2 Å². The van der Waals surface area contributed by atoms with Crippen LogP contribution >= 0.6 is 0 Å². The second kappa shape index (κ2) is 6.46. The molecule has 4 rings (SSSR count). The molecule has 8 heteroatoms. The molecule has 0 bridgehead atoms. The predicted octanol–water partition coefficient (Wildman–Crippen LogP) is 4.48.